The third-order valence-corrected chi connectivity index (χ3v) is 18.4. The third kappa shape index (κ3) is 3.11. The summed E-state index contributed by atoms with van der Waals surface area (Å²) in [6.07, 6.45) is 0. The molecule has 1 fully saturated rings. The van der Waals surface area contributed by atoms with Crippen LogP contribution in [0, 0.1) is 0 Å². The van der Waals surface area contributed by atoms with Crippen molar-refractivity contribution in [1.29, 1.82) is 0 Å². The van der Waals surface area contributed by atoms with Crippen molar-refractivity contribution in [2.45, 2.75) is 58.2 Å². The van der Waals surface area contributed by atoms with Crippen LogP contribution in [0.5, 0.6) is 0 Å². The third-order valence-electron chi connectivity index (χ3n) is 4.22. The Morgan fingerprint density at radius 1 is 0.571 bits per heavy atom. The van der Waals surface area contributed by atoms with E-state index in [-0.39, 0.29) is 16.6 Å². The average molecular weight is 343 g/mol. The summed E-state index contributed by atoms with van der Waals surface area (Å²) >= 11 is 0. The molecule has 0 aromatic heterocycles. The van der Waals surface area contributed by atoms with Gasteiger partial charge in [0.1, 0.15) is 0 Å². The van der Waals surface area contributed by atoms with Gasteiger partial charge in [0.25, 0.3) is 0 Å². The van der Waals surface area contributed by atoms with Gasteiger partial charge in [0.05, 0.1) is 0 Å². The van der Waals surface area contributed by atoms with Gasteiger partial charge in [0.2, 0.25) is 0 Å². The van der Waals surface area contributed by atoms with Gasteiger partial charge in [-0.1, -0.05) is 58.6 Å². The maximum absolute atomic E-state index is 6.57. The molecule has 0 amide bonds. The summed E-state index contributed by atoms with van der Waals surface area (Å²) in [4.78, 5) is 0. The standard InChI is InChI=1S/C15H30O3Si3/c1-10-19(13(4)5)16-20(11-2,14(6)7)18-21(12-3,17-19)15(8)9/h10-15H,1-3H2,4-9H3. The lowest BCUT2D eigenvalue weighted by atomic mass is 10.6. The topological polar surface area (TPSA) is 27.7 Å². The second-order valence-corrected chi connectivity index (χ2v) is 18.0. The molecule has 3 nitrogen and oxygen atoms in total. The Morgan fingerprint density at radius 3 is 0.857 bits per heavy atom. The zero-order chi connectivity index (χ0) is 16.5. The molecule has 0 spiro atoms. The van der Waals surface area contributed by atoms with E-state index in [1.807, 2.05) is 17.1 Å². The van der Waals surface area contributed by atoms with E-state index in [0.29, 0.717) is 0 Å². The molecule has 0 N–H and O–H groups in total. The lowest BCUT2D eigenvalue weighted by molar-refractivity contribution is 0.217. The quantitative estimate of drug-likeness (QED) is 0.650. The van der Waals surface area contributed by atoms with Crippen molar-refractivity contribution in [1.82, 2.24) is 0 Å². The lowest BCUT2D eigenvalue weighted by Crippen LogP contribution is -2.71. The predicted molar refractivity (Wildman–Crippen MR) is 96.4 cm³/mol. The van der Waals surface area contributed by atoms with Gasteiger partial charge in [0.15, 0.2) is 0 Å². The first-order chi connectivity index (χ1) is 9.63. The summed E-state index contributed by atoms with van der Waals surface area (Å²) in [6.45, 7) is 24.9. The van der Waals surface area contributed by atoms with E-state index in [2.05, 4.69) is 61.3 Å². The molecule has 0 radical (unpaired) electrons. The van der Waals surface area contributed by atoms with Crippen LogP contribution in [-0.4, -0.2) is 25.7 Å². The molecule has 0 unspecified atom stereocenters. The van der Waals surface area contributed by atoms with Crippen LogP contribution >= 0.6 is 0 Å². The van der Waals surface area contributed by atoms with Gasteiger partial charge >= 0.3 is 25.7 Å². The maximum Gasteiger partial charge on any atom is 0.349 e. The SMILES string of the molecule is C=C[Si]1(C(C)C)O[Si](C=C)(C(C)C)O[Si](C=C)(C(C)C)O1. The van der Waals surface area contributed by atoms with E-state index >= 15 is 0 Å². The van der Waals surface area contributed by atoms with Gasteiger partial charge < -0.3 is 12.3 Å². The molecule has 0 bridgehead atoms. The Balaban J connectivity index is 3.50. The molecule has 0 aliphatic carbocycles. The Labute approximate surface area is 133 Å². The van der Waals surface area contributed by atoms with Gasteiger partial charge in [-0.25, -0.2) is 0 Å². The molecule has 1 heterocycles. The van der Waals surface area contributed by atoms with Gasteiger partial charge in [0, 0.05) is 0 Å². The Bertz CT molecular complexity index is 351. The van der Waals surface area contributed by atoms with Gasteiger partial charge in [-0.05, 0) is 16.6 Å². The minimum Gasteiger partial charge on any atom is -0.409 e. The molecule has 21 heavy (non-hydrogen) atoms. The monoisotopic (exact) mass is 342 g/mol. The van der Waals surface area contributed by atoms with E-state index in [1.54, 1.807) is 0 Å². The second-order valence-electron chi connectivity index (χ2n) is 6.55. The van der Waals surface area contributed by atoms with Crippen molar-refractivity contribution in [2.75, 3.05) is 0 Å². The van der Waals surface area contributed by atoms with Crippen LogP contribution in [0.15, 0.2) is 36.8 Å². The summed E-state index contributed by atoms with van der Waals surface area (Å²) in [7, 11) is -7.66. The fourth-order valence-corrected chi connectivity index (χ4v) is 19.2. The van der Waals surface area contributed by atoms with Crippen LogP contribution in [0.1, 0.15) is 41.5 Å². The molecule has 1 rings (SSSR count). The highest BCUT2D eigenvalue weighted by Gasteiger charge is 2.62. The van der Waals surface area contributed by atoms with Crippen LogP contribution < -0.4 is 0 Å². The van der Waals surface area contributed by atoms with E-state index in [1.165, 1.54) is 0 Å². The average Bonchev–Trinajstić information content (AvgIpc) is 2.45. The Hall–Kier alpha value is -0.249. The van der Waals surface area contributed by atoms with Crippen LogP contribution in [-0.2, 0) is 12.3 Å². The van der Waals surface area contributed by atoms with E-state index in [0.717, 1.165) is 0 Å². The molecule has 0 aromatic carbocycles. The summed E-state index contributed by atoms with van der Waals surface area (Å²) < 4.78 is 19.7. The normalized spacial score (nSPS) is 37.0. The highest BCUT2D eigenvalue weighted by atomic mass is 28.5. The van der Waals surface area contributed by atoms with Crippen LogP contribution in [0.3, 0.4) is 0 Å². The molecule has 1 aliphatic rings. The molecule has 120 valence electrons. The van der Waals surface area contributed by atoms with E-state index < -0.39 is 25.7 Å². The van der Waals surface area contributed by atoms with Gasteiger partial charge in [-0.15, -0.1) is 19.7 Å². The zero-order valence-electron chi connectivity index (χ0n) is 14.3. The van der Waals surface area contributed by atoms with Crippen LogP contribution in [0.4, 0.5) is 0 Å². The highest BCUT2D eigenvalue weighted by Crippen LogP contribution is 2.45. The van der Waals surface area contributed by atoms with Crippen molar-refractivity contribution in [2.24, 2.45) is 0 Å². The lowest BCUT2D eigenvalue weighted by Gasteiger charge is -2.54. The van der Waals surface area contributed by atoms with Crippen LogP contribution in [0.2, 0.25) is 16.6 Å². The van der Waals surface area contributed by atoms with Crippen molar-refractivity contribution < 1.29 is 12.3 Å². The zero-order valence-corrected chi connectivity index (χ0v) is 17.3. The number of rotatable bonds is 6. The largest absolute Gasteiger partial charge is 0.409 e. The summed E-state index contributed by atoms with van der Waals surface area (Å²) in [6, 6.07) is 0. The predicted octanol–water partition coefficient (Wildman–Crippen LogP) is 4.78. The molecule has 0 atom stereocenters. The van der Waals surface area contributed by atoms with Crippen molar-refractivity contribution in [3.05, 3.63) is 36.8 Å². The molecule has 0 saturated carbocycles. The van der Waals surface area contributed by atoms with Crippen molar-refractivity contribution in [3.63, 3.8) is 0 Å². The molecule has 1 aliphatic heterocycles. The smallest absolute Gasteiger partial charge is 0.349 e. The summed E-state index contributed by atoms with van der Waals surface area (Å²) in [5, 5.41) is 0. The first kappa shape index (κ1) is 18.8. The number of hydrogen-bond donors (Lipinski definition) is 0. The Kier molecular flexibility index (Phi) is 5.80. The first-order valence-corrected chi connectivity index (χ1v) is 13.6. The van der Waals surface area contributed by atoms with E-state index in [4.69, 9.17) is 12.3 Å². The maximum atomic E-state index is 6.57. The van der Waals surface area contributed by atoms with Crippen molar-refractivity contribution >= 4 is 25.7 Å². The van der Waals surface area contributed by atoms with Gasteiger partial charge in [-0.2, -0.15) is 0 Å². The molecule has 1 saturated heterocycles. The van der Waals surface area contributed by atoms with E-state index in [9.17, 15) is 0 Å². The molecule has 6 heteroatoms. The summed E-state index contributed by atoms with van der Waals surface area (Å²) in [5.74, 6) is 0. The second kappa shape index (κ2) is 6.47. The minimum absolute atomic E-state index is 0.273. The first-order valence-electron chi connectivity index (χ1n) is 7.65. The molecular formula is C15H30O3Si3. The fraction of sp³-hybridized carbons (Fsp3) is 0.600. The fourth-order valence-electron chi connectivity index (χ4n) is 2.47. The van der Waals surface area contributed by atoms with Gasteiger partial charge in [-0.3, -0.25) is 0 Å². The van der Waals surface area contributed by atoms with Crippen LogP contribution in [0.25, 0.3) is 0 Å². The minimum atomic E-state index is -2.55. The molecular weight excluding hydrogens is 312 g/mol. The molecule has 0 aromatic rings. The number of hydrogen-bond acceptors (Lipinski definition) is 3. The van der Waals surface area contributed by atoms with Crippen molar-refractivity contribution in [3.8, 4) is 0 Å². The highest BCUT2D eigenvalue weighted by molar-refractivity contribution is 7.00. The summed E-state index contributed by atoms with van der Waals surface area (Å²) in [5.41, 5.74) is 6.57. The Morgan fingerprint density at radius 2 is 0.762 bits per heavy atom.